The average Bonchev–Trinajstić information content (AvgIpc) is 3.22. The van der Waals surface area contributed by atoms with Crippen molar-refractivity contribution in [1.82, 2.24) is 5.32 Å². The highest BCUT2D eigenvalue weighted by atomic mass is 32.1. The minimum absolute atomic E-state index is 0.289. The Morgan fingerprint density at radius 2 is 1.90 bits per heavy atom. The van der Waals surface area contributed by atoms with Crippen LogP contribution >= 0.6 is 12.2 Å². The van der Waals surface area contributed by atoms with Crippen molar-refractivity contribution in [3.63, 3.8) is 0 Å². The topological polar surface area (TPSA) is 58.3 Å². The van der Waals surface area contributed by atoms with Crippen LogP contribution in [0, 0.1) is 5.92 Å². The molecule has 110 valence electrons. The number of nitrogens with one attached hydrogen (secondary N) is 1. The lowest BCUT2D eigenvalue weighted by Crippen LogP contribution is -2.42. The van der Waals surface area contributed by atoms with Gasteiger partial charge in [0.1, 0.15) is 0 Å². The Hall–Kier alpha value is -1.13. The van der Waals surface area contributed by atoms with E-state index >= 15 is 0 Å². The van der Waals surface area contributed by atoms with Gasteiger partial charge in [0.2, 0.25) is 0 Å². The Bertz CT molecular complexity index is 454. The summed E-state index contributed by atoms with van der Waals surface area (Å²) in [5.74, 6) is 1.17. The Balaban J connectivity index is 2.21. The van der Waals surface area contributed by atoms with Gasteiger partial charge in [-0.15, -0.1) is 0 Å². The summed E-state index contributed by atoms with van der Waals surface area (Å²) in [6.07, 6.45) is 3.13. The molecule has 1 aromatic rings. The van der Waals surface area contributed by atoms with E-state index in [0.717, 1.165) is 17.9 Å². The number of hydrogen-bond donors (Lipinski definition) is 3. The minimum atomic E-state index is -0.417. The van der Waals surface area contributed by atoms with E-state index in [1.807, 2.05) is 12.1 Å². The maximum absolute atomic E-state index is 9.60. The summed E-state index contributed by atoms with van der Waals surface area (Å²) in [5, 5.41) is 13.2. The molecule has 3 nitrogen and oxygen atoms in total. The highest BCUT2D eigenvalue weighted by molar-refractivity contribution is 7.80. The van der Waals surface area contributed by atoms with Gasteiger partial charge < -0.3 is 16.2 Å². The van der Waals surface area contributed by atoms with Crippen LogP contribution in [-0.2, 0) is 0 Å². The van der Waals surface area contributed by atoms with Gasteiger partial charge in [-0.2, -0.15) is 0 Å². The molecule has 2 rings (SSSR count). The zero-order valence-electron chi connectivity index (χ0n) is 12.2. The molecule has 0 radical (unpaired) electrons. The van der Waals surface area contributed by atoms with E-state index in [1.165, 1.54) is 18.4 Å². The predicted molar refractivity (Wildman–Crippen MR) is 86.5 cm³/mol. The van der Waals surface area contributed by atoms with Crippen LogP contribution in [0.3, 0.4) is 0 Å². The number of aliphatic hydroxyl groups excluding tert-OH is 1. The van der Waals surface area contributed by atoms with Crippen molar-refractivity contribution >= 4 is 17.3 Å². The van der Waals surface area contributed by atoms with Crippen LogP contribution in [0.4, 0.5) is 0 Å². The van der Waals surface area contributed by atoms with Gasteiger partial charge in [0.05, 0.1) is 6.10 Å². The Morgan fingerprint density at radius 1 is 1.35 bits per heavy atom. The van der Waals surface area contributed by atoms with Gasteiger partial charge in [-0.05, 0) is 55.4 Å². The van der Waals surface area contributed by atoms with Crippen molar-refractivity contribution < 1.29 is 5.11 Å². The maximum Gasteiger partial charge on any atom is 0.163 e. The first-order valence-corrected chi connectivity index (χ1v) is 7.77. The molecular formula is C16H24N2OS. The molecule has 3 unspecified atom stereocenters. The maximum atomic E-state index is 9.60. The Morgan fingerprint density at radius 3 is 2.30 bits per heavy atom. The number of aliphatic hydroxyl groups is 1. The van der Waals surface area contributed by atoms with E-state index < -0.39 is 6.10 Å². The van der Waals surface area contributed by atoms with Gasteiger partial charge in [0.25, 0.3) is 0 Å². The van der Waals surface area contributed by atoms with Gasteiger partial charge in [-0.1, -0.05) is 31.2 Å². The summed E-state index contributed by atoms with van der Waals surface area (Å²) in [4.78, 5) is 0. The molecule has 4 heteroatoms. The molecule has 0 aliphatic heterocycles. The van der Waals surface area contributed by atoms with Crippen LogP contribution in [-0.4, -0.2) is 16.3 Å². The molecule has 1 aliphatic carbocycles. The van der Waals surface area contributed by atoms with Crippen LogP contribution in [0.5, 0.6) is 0 Å². The van der Waals surface area contributed by atoms with E-state index in [2.05, 4.69) is 24.4 Å². The minimum Gasteiger partial charge on any atom is -0.389 e. The first-order chi connectivity index (χ1) is 9.52. The predicted octanol–water partition coefficient (Wildman–Crippen LogP) is 2.85. The highest BCUT2D eigenvalue weighted by Gasteiger charge is 2.37. The van der Waals surface area contributed by atoms with E-state index in [1.54, 1.807) is 6.92 Å². The normalized spacial score (nSPS) is 19.1. The van der Waals surface area contributed by atoms with E-state index in [0.29, 0.717) is 11.0 Å². The molecule has 0 heterocycles. The van der Waals surface area contributed by atoms with E-state index in [-0.39, 0.29) is 6.04 Å². The molecule has 1 aromatic carbocycles. The molecular weight excluding hydrogens is 268 g/mol. The van der Waals surface area contributed by atoms with Crippen LogP contribution in [0.1, 0.15) is 56.3 Å². The lowest BCUT2D eigenvalue weighted by atomic mass is 9.85. The first kappa shape index (κ1) is 15.3. The Kier molecular flexibility index (Phi) is 5.00. The smallest absolute Gasteiger partial charge is 0.163 e. The number of rotatable bonds is 6. The van der Waals surface area contributed by atoms with Crippen molar-refractivity contribution in [2.24, 2.45) is 11.7 Å². The molecule has 0 saturated heterocycles. The van der Waals surface area contributed by atoms with Crippen molar-refractivity contribution in [2.75, 3.05) is 0 Å². The Labute approximate surface area is 126 Å². The van der Waals surface area contributed by atoms with Gasteiger partial charge in [-0.25, -0.2) is 0 Å². The summed E-state index contributed by atoms with van der Waals surface area (Å²) in [6, 6.07) is 8.59. The summed E-state index contributed by atoms with van der Waals surface area (Å²) in [5.41, 5.74) is 7.93. The number of benzene rings is 1. The van der Waals surface area contributed by atoms with E-state index in [4.69, 9.17) is 18.0 Å². The van der Waals surface area contributed by atoms with Crippen LogP contribution in [0.2, 0.25) is 0 Å². The zero-order chi connectivity index (χ0) is 14.7. The monoisotopic (exact) mass is 292 g/mol. The number of thiocarbonyl (C=S) groups is 1. The van der Waals surface area contributed by atoms with Gasteiger partial charge >= 0.3 is 0 Å². The SMILES string of the molecule is CCC(NC(N)=S)C(c1ccc(C(C)O)cc1)C1CC1. The standard InChI is InChI=1S/C16H24N2OS/c1-3-14(18-16(17)20)15(13-8-9-13)12-6-4-11(5-7-12)10(2)19/h4-7,10,13-15,19H,3,8-9H2,1-2H3,(H3,17,18,20). The molecule has 0 amide bonds. The molecule has 0 bridgehead atoms. The second-order valence-electron chi connectivity index (χ2n) is 5.73. The molecule has 1 aliphatic rings. The fourth-order valence-corrected chi connectivity index (χ4v) is 3.06. The first-order valence-electron chi connectivity index (χ1n) is 7.36. The van der Waals surface area contributed by atoms with Crippen molar-refractivity contribution in [2.45, 2.75) is 51.2 Å². The number of nitrogens with two attached hydrogens (primary N) is 1. The molecule has 3 atom stereocenters. The highest BCUT2D eigenvalue weighted by Crippen LogP contribution is 2.45. The molecule has 1 saturated carbocycles. The zero-order valence-corrected chi connectivity index (χ0v) is 13.0. The summed E-state index contributed by atoms with van der Waals surface area (Å²) in [6.45, 7) is 3.95. The van der Waals surface area contributed by atoms with Gasteiger partial charge in [0.15, 0.2) is 5.11 Å². The number of hydrogen-bond acceptors (Lipinski definition) is 2. The third kappa shape index (κ3) is 3.70. The lowest BCUT2D eigenvalue weighted by Gasteiger charge is -2.28. The van der Waals surface area contributed by atoms with Crippen molar-refractivity contribution in [1.29, 1.82) is 0 Å². The molecule has 0 aromatic heterocycles. The fourth-order valence-electron chi connectivity index (χ4n) is 2.91. The second-order valence-corrected chi connectivity index (χ2v) is 6.17. The third-order valence-corrected chi connectivity index (χ3v) is 4.25. The quantitative estimate of drug-likeness (QED) is 0.706. The lowest BCUT2D eigenvalue weighted by molar-refractivity contribution is 0.199. The third-order valence-electron chi connectivity index (χ3n) is 4.13. The average molecular weight is 292 g/mol. The summed E-state index contributed by atoms with van der Waals surface area (Å²) >= 11 is 5.00. The molecule has 20 heavy (non-hydrogen) atoms. The van der Waals surface area contributed by atoms with Crippen LogP contribution in [0.25, 0.3) is 0 Å². The van der Waals surface area contributed by atoms with Gasteiger partial charge in [-0.3, -0.25) is 0 Å². The van der Waals surface area contributed by atoms with E-state index in [9.17, 15) is 5.11 Å². The second kappa shape index (κ2) is 6.55. The van der Waals surface area contributed by atoms with Crippen LogP contribution < -0.4 is 11.1 Å². The molecule has 1 fully saturated rings. The molecule has 0 spiro atoms. The van der Waals surface area contributed by atoms with Gasteiger partial charge in [0, 0.05) is 12.0 Å². The summed E-state index contributed by atoms with van der Waals surface area (Å²) in [7, 11) is 0. The fraction of sp³-hybridized carbons (Fsp3) is 0.562. The summed E-state index contributed by atoms with van der Waals surface area (Å²) < 4.78 is 0. The molecule has 4 N–H and O–H groups in total. The largest absolute Gasteiger partial charge is 0.389 e. The van der Waals surface area contributed by atoms with Crippen LogP contribution in [0.15, 0.2) is 24.3 Å². The van der Waals surface area contributed by atoms with Crippen molar-refractivity contribution in [3.05, 3.63) is 35.4 Å². The van der Waals surface area contributed by atoms with Crippen molar-refractivity contribution in [3.8, 4) is 0 Å².